The molecule has 1 saturated heterocycles. The predicted octanol–water partition coefficient (Wildman–Crippen LogP) is 1.74. The second kappa shape index (κ2) is 9.59. The van der Waals surface area contributed by atoms with E-state index in [0.717, 1.165) is 12.8 Å². The number of sulfonamides is 1. The van der Waals surface area contributed by atoms with Gasteiger partial charge in [0.15, 0.2) is 12.4 Å². The molecule has 0 bridgehead atoms. The molecular weight excluding hydrogens is 444 g/mol. The van der Waals surface area contributed by atoms with Gasteiger partial charge in [-0.1, -0.05) is 30.3 Å². The second-order valence-electron chi connectivity index (χ2n) is 7.97. The lowest BCUT2D eigenvalue weighted by molar-refractivity contribution is -0.138. The Morgan fingerprint density at radius 3 is 2.73 bits per heavy atom. The van der Waals surface area contributed by atoms with Crippen molar-refractivity contribution in [1.29, 1.82) is 0 Å². The van der Waals surface area contributed by atoms with Crippen molar-refractivity contribution >= 4 is 21.6 Å². The van der Waals surface area contributed by atoms with Crippen LogP contribution in [0.25, 0.3) is 11.4 Å². The number of likely N-dealkylation sites (N-methyl/N-ethyl adjacent to an activating group) is 1. The summed E-state index contributed by atoms with van der Waals surface area (Å²) < 4.78 is 31.2. The van der Waals surface area contributed by atoms with Crippen LogP contribution in [-0.4, -0.2) is 78.9 Å². The fourth-order valence-electron chi connectivity index (χ4n) is 3.68. The molecule has 1 aliphatic rings. The van der Waals surface area contributed by atoms with Crippen LogP contribution in [0.4, 0.5) is 5.69 Å². The van der Waals surface area contributed by atoms with E-state index in [-0.39, 0.29) is 18.6 Å². The summed E-state index contributed by atoms with van der Waals surface area (Å²) in [4.78, 5) is 21.5. The van der Waals surface area contributed by atoms with Crippen LogP contribution < -0.4 is 9.46 Å². The fraction of sp³-hybridized carbons (Fsp3) is 0.318. The van der Waals surface area contributed by atoms with Crippen molar-refractivity contribution in [2.75, 3.05) is 44.3 Å². The van der Waals surface area contributed by atoms with E-state index in [2.05, 4.69) is 24.8 Å². The predicted molar refractivity (Wildman–Crippen MR) is 124 cm³/mol. The van der Waals surface area contributed by atoms with Crippen molar-refractivity contribution in [3.05, 3.63) is 60.4 Å². The summed E-state index contributed by atoms with van der Waals surface area (Å²) in [5.74, 6) is 1.49. The standard InChI is InChI=1S/C22H26N6O4S/c1-27-11-12-28(20(29)15-32-18-9-4-3-5-10-18)19(14-27)22-23-21(24-25-22)16-7-6-8-17(13-16)26-33(2,30)31/h3-10,13,19,26H,11-12,14-15H2,1-2H3,(H,23,24,25). The summed E-state index contributed by atoms with van der Waals surface area (Å²) in [5.41, 5.74) is 1.08. The quantitative estimate of drug-likeness (QED) is 0.540. The molecular formula is C22H26N6O4S. The molecule has 1 unspecified atom stereocenters. The number of benzene rings is 2. The highest BCUT2D eigenvalue weighted by atomic mass is 32.2. The average Bonchev–Trinajstić information content (AvgIpc) is 3.27. The number of carbonyl (C=O) groups is 1. The summed E-state index contributed by atoms with van der Waals surface area (Å²) in [6.07, 6.45) is 1.09. The number of piperazine rings is 1. The first kappa shape index (κ1) is 22.7. The Hall–Kier alpha value is -3.44. The van der Waals surface area contributed by atoms with Crippen LogP contribution in [0, 0.1) is 0 Å². The van der Waals surface area contributed by atoms with E-state index >= 15 is 0 Å². The van der Waals surface area contributed by atoms with Crippen LogP contribution in [0.5, 0.6) is 5.75 Å². The molecule has 3 aromatic rings. The summed E-state index contributed by atoms with van der Waals surface area (Å²) >= 11 is 0. The Morgan fingerprint density at radius 2 is 1.97 bits per heavy atom. The number of H-pyrrole nitrogens is 1. The van der Waals surface area contributed by atoms with E-state index < -0.39 is 10.0 Å². The van der Waals surface area contributed by atoms with Crippen molar-refractivity contribution in [3.63, 3.8) is 0 Å². The van der Waals surface area contributed by atoms with Gasteiger partial charge in [0.05, 0.1) is 6.26 Å². The van der Waals surface area contributed by atoms with Crippen molar-refractivity contribution in [1.82, 2.24) is 25.0 Å². The van der Waals surface area contributed by atoms with Crippen LogP contribution in [0.1, 0.15) is 11.9 Å². The zero-order valence-electron chi connectivity index (χ0n) is 18.4. The lowest BCUT2D eigenvalue weighted by Crippen LogP contribution is -2.50. The third kappa shape index (κ3) is 5.88. The number of aromatic amines is 1. The lowest BCUT2D eigenvalue weighted by atomic mass is 10.1. The lowest BCUT2D eigenvalue weighted by Gasteiger charge is -2.38. The van der Waals surface area contributed by atoms with Crippen molar-refractivity contribution in [2.45, 2.75) is 6.04 Å². The van der Waals surface area contributed by atoms with Gasteiger partial charge in [-0.25, -0.2) is 13.4 Å². The first-order valence-electron chi connectivity index (χ1n) is 10.4. The molecule has 10 nitrogen and oxygen atoms in total. The number of hydrogen-bond donors (Lipinski definition) is 2. The molecule has 0 aliphatic carbocycles. The summed E-state index contributed by atoms with van der Waals surface area (Å²) in [6.45, 7) is 1.82. The average molecular weight is 471 g/mol. The van der Waals surface area contributed by atoms with Crippen molar-refractivity contribution in [2.24, 2.45) is 0 Å². The Kier molecular flexibility index (Phi) is 6.61. The number of amides is 1. The first-order chi connectivity index (χ1) is 15.8. The van der Waals surface area contributed by atoms with Crippen LogP contribution >= 0.6 is 0 Å². The van der Waals surface area contributed by atoms with Crippen molar-refractivity contribution in [3.8, 4) is 17.1 Å². The summed E-state index contributed by atoms with van der Waals surface area (Å²) in [7, 11) is -1.40. The highest BCUT2D eigenvalue weighted by Gasteiger charge is 2.33. The van der Waals surface area contributed by atoms with E-state index in [1.807, 2.05) is 37.4 Å². The monoisotopic (exact) mass is 470 g/mol. The summed E-state index contributed by atoms with van der Waals surface area (Å²) in [5, 5.41) is 7.27. The Labute approximate surface area is 192 Å². The van der Waals surface area contributed by atoms with Gasteiger partial charge in [0.2, 0.25) is 10.0 Å². The van der Waals surface area contributed by atoms with Gasteiger partial charge in [0.25, 0.3) is 5.91 Å². The SMILES string of the molecule is CN1CCN(C(=O)COc2ccccc2)C(c2nc(-c3cccc(NS(C)(=O)=O)c3)n[nH]2)C1. The number of nitrogens with one attached hydrogen (secondary N) is 2. The van der Waals surface area contributed by atoms with Crippen LogP contribution in [0.2, 0.25) is 0 Å². The molecule has 0 radical (unpaired) electrons. The fourth-order valence-corrected chi connectivity index (χ4v) is 4.24. The molecule has 1 aromatic heterocycles. The van der Waals surface area contributed by atoms with Gasteiger partial charge < -0.3 is 14.5 Å². The number of carbonyl (C=O) groups excluding carboxylic acids is 1. The maximum Gasteiger partial charge on any atom is 0.261 e. The van der Waals surface area contributed by atoms with Gasteiger partial charge in [0.1, 0.15) is 17.6 Å². The van der Waals surface area contributed by atoms with E-state index in [9.17, 15) is 13.2 Å². The molecule has 174 valence electrons. The number of nitrogens with zero attached hydrogens (tertiary/aromatic N) is 4. The molecule has 1 atom stereocenters. The molecule has 2 heterocycles. The van der Waals surface area contributed by atoms with Gasteiger partial charge >= 0.3 is 0 Å². The largest absolute Gasteiger partial charge is 0.484 e. The summed E-state index contributed by atoms with van der Waals surface area (Å²) in [6, 6.07) is 15.7. The maximum absolute atomic E-state index is 13.0. The Bertz CT molecular complexity index is 1210. The topological polar surface area (TPSA) is 121 Å². The number of ether oxygens (including phenoxy) is 1. The van der Waals surface area contributed by atoms with Crippen LogP contribution in [0.15, 0.2) is 54.6 Å². The minimum absolute atomic E-state index is 0.0651. The molecule has 2 N–H and O–H groups in total. The zero-order valence-corrected chi connectivity index (χ0v) is 19.2. The molecule has 1 amide bonds. The van der Waals surface area contributed by atoms with Crippen molar-refractivity contribution < 1.29 is 17.9 Å². The number of aromatic nitrogens is 3. The third-order valence-corrected chi connectivity index (χ3v) is 5.86. The minimum atomic E-state index is -3.40. The van der Waals surface area contributed by atoms with E-state index in [4.69, 9.17) is 4.74 Å². The van der Waals surface area contributed by atoms with Gasteiger partial charge in [-0.2, -0.15) is 5.10 Å². The molecule has 4 rings (SSSR count). The molecule has 0 saturated carbocycles. The minimum Gasteiger partial charge on any atom is -0.484 e. The molecule has 0 spiro atoms. The third-order valence-electron chi connectivity index (χ3n) is 5.25. The molecule has 1 fully saturated rings. The number of para-hydroxylation sites is 1. The highest BCUT2D eigenvalue weighted by molar-refractivity contribution is 7.92. The Morgan fingerprint density at radius 1 is 1.18 bits per heavy atom. The molecule has 11 heteroatoms. The van der Waals surface area contributed by atoms with Gasteiger partial charge in [-0.15, -0.1) is 0 Å². The molecule has 1 aliphatic heterocycles. The van der Waals surface area contributed by atoms with Crippen LogP contribution in [0.3, 0.4) is 0 Å². The van der Waals surface area contributed by atoms with Crippen LogP contribution in [-0.2, 0) is 14.8 Å². The number of anilines is 1. The first-order valence-corrected chi connectivity index (χ1v) is 12.3. The van der Waals surface area contributed by atoms with E-state index in [1.54, 1.807) is 29.2 Å². The zero-order chi connectivity index (χ0) is 23.4. The van der Waals surface area contributed by atoms with Gasteiger partial charge in [-0.05, 0) is 31.3 Å². The second-order valence-corrected chi connectivity index (χ2v) is 9.71. The maximum atomic E-state index is 13.0. The van der Waals surface area contributed by atoms with E-state index in [1.165, 1.54) is 0 Å². The molecule has 33 heavy (non-hydrogen) atoms. The smallest absolute Gasteiger partial charge is 0.261 e. The number of hydrogen-bond acceptors (Lipinski definition) is 7. The molecule has 2 aromatic carbocycles. The van der Waals surface area contributed by atoms with Gasteiger partial charge in [0, 0.05) is 30.9 Å². The highest BCUT2D eigenvalue weighted by Crippen LogP contribution is 2.26. The Balaban J connectivity index is 1.52. The number of rotatable bonds is 7. The normalized spacial score (nSPS) is 17.0. The van der Waals surface area contributed by atoms with Gasteiger partial charge in [-0.3, -0.25) is 14.6 Å². The van der Waals surface area contributed by atoms with E-state index in [0.29, 0.717) is 41.7 Å².